The molecule has 0 saturated heterocycles. The number of aryl methyl sites for hydroxylation is 1. The number of fused-ring (bicyclic) bond motifs is 2. The summed E-state index contributed by atoms with van der Waals surface area (Å²) in [7, 11) is 0. The predicted molar refractivity (Wildman–Crippen MR) is 118 cm³/mol. The largest absolute Gasteiger partial charge is 0.345 e. The van der Waals surface area contributed by atoms with Gasteiger partial charge >= 0.3 is 0 Å². The quantitative estimate of drug-likeness (QED) is 0.537. The summed E-state index contributed by atoms with van der Waals surface area (Å²) in [6.45, 7) is 3.52. The summed E-state index contributed by atoms with van der Waals surface area (Å²) in [5, 5.41) is 0. The summed E-state index contributed by atoms with van der Waals surface area (Å²) in [6, 6.07) is 18.6. The summed E-state index contributed by atoms with van der Waals surface area (Å²) in [4.78, 5) is 15.5. The molecule has 5 rings (SSSR count). The number of aromatic nitrogens is 1. The van der Waals surface area contributed by atoms with Crippen LogP contribution in [0, 0.1) is 6.92 Å². The molecule has 29 heavy (non-hydrogen) atoms. The van der Waals surface area contributed by atoms with Crippen molar-refractivity contribution in [1.29, 1.82) is 0 Å². The molecule has 2 aliphatic rings. The minimum Gasteiger partial charge on any atom is -0.345 e. The van der Waals surface area contributed by atoms with Crippen molar-refractivity contribution in [2.75, 3.05) is 4.90 Å². The molecule has 2 aromatic carbocycles. The zero-order chi connectivity index (χ0) is 19.8. The van der Waals surface area contributed by atoms with Crippen molar-refractivity contribution in [1.82, 2.24) is 4.57 Å². The Bertz CT molecular complexity index is 1110. The molecule has 3 nitrogen and oxygen atoms in total. The average molecular weight is 383 g/mol. The highest BCUT2D eigenvalue weighted by atomic mass is 16.2. The Morgan fingerprint density at radius 2 is 1.86 bits per heavy atom. The third-order valence-corrected chi connectivity index (χ3v) is 6.22. The SMILES string of the molecule is Cc1cc(C(=O)N2Cc3cccn3Cc3ccccc32)ccc1C1=CCCCC1. The van der Waals surface area contributed by atoms with Gasteiger partial charge in [0.1, 0.15) is 0 Å². The van der Waals surface area contributed by atoms with Gasteiger partial charge in [-0.25, -0.2) is 0 Å². The average Bonchev–Trinajstić information content (AvgIpc) is 3.13. The number of allylic oxidation sites excluding steroid dienone is 2. The highest BCUT2D eigenvalue weighted by Gasteiger charge is 2.25. The molecule has 0 bridgehead atoms. The van der Waals surface area contributed by atoms with Gasteiger partial charge in [0.05, 0.1) is 6.54 Å². The lowest BCUT2D eigenvalue weighted by molar-refractivity contribution is 0.0985. The van der Waals surface area contributed by atoms with Gasteiger partial charge < -0.3 is 9.47 Å². The monoisotopic (exact) mass is 382 g/mol. The van der Waals surface area contributed by atoms with Gasteiger partial charge in [0.25, 0.3) is 5.91 Å². The Morgan fingerprint density at radius 1 is 0.966 bits per heavy atom. The van der Waals surface area contributed by atoms with E-state index >= 15 is 0 Å². The van der Waals surface area contributed by atoms with Crippen molar-refractivity contribution in [3.8, 4) is 0 Å². The topological polar surface area (TPSA) is 25.2 Å². The summed E-state index contributed by atoms with van der Waals surface area (Å²) in [6.07, 6.45) is 9.32. The molecule has 2 heterocycles. The van der Waals surface area contributed by atoms with Crippen molar-refractivity contribution in [3.63, 3.8) is 0 Å². The second-order valence-electron chi connectivity index (χ2n) is 8.15. The summed E-state index contributed by atoms with van der Waals surface area (Å²) in [5.41, 5.74) is 8.04. The van der Waals surface area contributed by atoms with Crippen LogP contribution in [0.5, 0.6) is 0 Å². The first-order valence-electron chi connectivity index (χ1n) is 10.5. The second-order valence-corrected chi connectivity index (χ2v) is 8.15. The van der Waals surface area contributed by atoms with Crippen LogP contribution in [0.15, 0.2) is 66.9 Å². The van der Waals surface area contributed by atoms with Crippen molar-refractivity contribution in [2.45, 2.75) is 45.7 Å². The van der Waals surface area contributed by atoms with Gasteiger partial charge in [-0.3, -0.25) is 4.79 Å². The molecule has 1 aliphatic heterocycles. The van der Waals surface area contributed by atoms with Crippen molar-refractivity contribution >= 4 is 17.2 Å². The van der Waals surface area contributed by atoms with Crippen LogP contribution in [0.25, 0.3) is 5.57 Å². The molecule has 0 fully saturated rings. The van der Waals surface area contributed by atoms with Crippen LogP contribution in [-0.2, 0) is 13.1 Å². The van der Waals surface area contributed by atoms with Crippen molar-refractivity contribution in [3.05, 3.63) is 94.8 Å². The van der Waals surface area contributed by atoms with E-state index in [9.17, 15) is 4.79 Å². The Balaban J connectivity index is 1.51. The van der Waals surface area contributed by atoms with Gasteiger partial charge in [0.2, 0.25) is 0 Å². The van der Waals surface area contributed by atoms with Crippen molar-refractivity contribution < 1.29 is 4.79 Å². The van der Waals surface area contributed by atoms with Crippen molar-refractivity contribution in [2.24, 2.45) is 0 Å². The van der Waals surface area contributed by atoms with Crippen LogP contribution in [0.1, 0.15) is 58.4 Å². The molecular formula is C26H26N2O. The van der Waals surface area contributed by atoms with Gasteiger partial charge in [0, 0.05) is 29.7 Å². The minimum atomic E-state index is 0.0689. The predicted octanol–water partition coefficient (Wildman–Crippen LogP) is 5.96. The van der Waals surface area contributed by atoms with E-state index in [1.807, 2.05) is 23.1 Å². The van der Waals surface area contributed by atoms with E-state index in [1.54, 1.807) is 0 Å². The number of nitrogens with zero attached hydrogens (tertiary/aromatic N) is 2. The Kier molecular flexibility index (Phi) is 4.59. The minimum absolute atomic E-state index is 0.0689. The maximum Gasteiger partial charge on any atom is 0.258 e. The first-order chi connectivity index (χ1) is 14.2. The Hall–Kier alpha value is -3.07. The summed E-state index contributed by atoms with van der Waals surface area (Å²) in [5.74, 6) is 0.0689. The summed E-state index contributed by atoms with van der Waals surface area (Å²) >= 11 is 0. The Morgan fingerprint density at radius 3 is 2.69 bits per heavy atom. The lowest BCUT2D eigenvalue weighted by atomic mass is 9.90. The number of carbonyl (C=O) groups is 1. The molecule has 3 heteroatoms. The van der Waals surface area contributed by atoms with E-state index in [2.05, 4.69) is 60.2 Å². The normalized spacial score (nSPS) is 15.9. The van der Waals surface area contributed by atoms with Gasteiger partial charge in [-0.1, -0.05) is 30.3 Å². The lowest BCUT2D eigenvalue weighted by Crippen LogP contribution is -2.30. The van der Waals surface area contributed by atoms with E-state index in [1.165, 1.54) is 41.5 Å². The molecule has 1 amide bonds. The van der Waals surface area contributed by atoms with Gasteiger partial charge in [0.15, 0.2) is 0 Å². The fraction of sp³-hybridized carbons (Fsp3) is 0.269. The van der Waals surface area contributed by atoms with Crippen LogP contribution in [0.4, 0.5) is 5.69 Å². The van der Waals surface area contributed by atoms with Gasteiger partial charge in [-0.15, -0.1) is 0 Å². The first kappa shape index (κ1) is 18.0. The molecule has 0 saturated carbocycles. The number of para-hydroxylation sites is 1. The van der Waals surface area contributed by atoms with Crippen LogP contribution in [0.3, 0.4) is 0 Å². The van der Waals surface area contributed by atoms with E-state index in [-0.39, 0.29) is 5.91 Å². The number of rotatable bonds is 2. The summed E-state index contributed by atoms with van der Waals surface area (Å²) < 4.78 is 2.23. The Labute approximate surface area is 172 Å². The van der Waals surface area contributed by atoms with E-state index in [0.29, 0.717) is 6.54 Å². The van der Waals surface area contributed by atoms with Gasteiger partial charge in [-0.05, 0) is 85.2 Å². The smallest absolute Gasteiger partial charge is 0.258 e. The molecule has 0 atom stereocenters. The molecule has 0 unspecified atom stereocenters. The molecule has 0 spiro atoms. The fourth-order valence-corrected chi connectivity index (χ4v) is 4.66. The van der Waals surface area contributed by atoms with E-state index < -0.39 is 0 Å². The standard InChI is InChI=1S/C26H26N2O/c1-19-16-21(13-14-24(19)20-8-3-2-4-9-20)26(29)28-18-23-11-7-15-27(23)17-22-10-5-6-12-25(22)28/h5-8,10-16H,2-4,9,17-18H2,1H3. The fourth-order valence-electron chi connectivity index (χ4n) is 4.66. The van der Waals surface area contributed by atoms with Gasteiger partial charge in [-0.2, -0.15) is 0 Å². The maximum absolute atomic E-state index is 13.6. The molecule has 0 N–H and O–H groups in total. The highest BCUT2D eigenvalue weighted by molar-refractivity contribution is 6.06. The molecule has 1 aromatic heterocycles. The zero-order valence-electron chi connectivity index (χ0n) is 16.9. The van der Waals surface area contributed by atoms with Crippen LogP contribution < -0.4 is 4.90 Å². The number of benzene rings is 2. The molecule has 146 valence electrons. The number of hydrogen-bond donors (Lipinski definition) is 0. The van der Waals surface area contributed by atoms with Crippen LogP contribution in [-0.4, -0.2) is 10.5 Å². The third kappa shape index (κ3) is 3.31. The number of carbonyl (C=O) groups excluding carboxylic acids is 1. The molecule has 3 aromatic rings. The molecule has 0 radical (unpaired) electrons. The third-order valence-electron chi connectivity index (χ3n) is 6.22. The molecule has 1 aliphatic carbocycles. The number of hydrogen-bond acceptors (Lipinski definition) is 1. The zero-order valence-corrected chi connectivity index (χ0v) is 16.9. The molecular weight excluding hydrogens is 356 g/mol. The van der Waals surface area contributed by atoms with E-state index in [0.717, 1.165) is 29.9 Å². The first-order valence-corrected chi connectivity index (χ1v) is 10.5. The highest BCUT2D eigenvalue weighted by Crippen LogP contribution is 2.32. The number of anilines is 1. The maximum atomic E-state index is 13.6. The van der Waals surface area contributed by atoms with E-state index in [4.69, 9.17) is 0 Å². The van der Waals surface area contributed by atoms with Crippen LogP contribution in [0.2, 0.25) is 0 Å². The second kappa shape index (κ2) is 7.40. The lowest BCUT2D eigenvalue weighted by Gasteiger charge is -2.23. The number of amides is 1. The van der Waals surface area contributed by atoms with Crippen LogP contribution >= 0.6 is 0 Å².